The summed E-state index contributed by atoms with van der Waals surface area (Å²) in [6.45, 7) is 6.40. The van der Waals surface area contributed by atoms with E-state index in [0.717, 1.165) is 73.6 Å². The normalized spacial score (nSPS) is 11.7. The number of aryl methyl sites for hydroxylation is 2. The third-order valence-electron chi connectivity index (χ3n) is 8.60. The lowest BCUT2D eigenvalue weighted by molar-refractivity contribution is 0.392. The molecule has 4 rings (SSSR count). The van der Waals surface area contributed by atoms with E-state index in [1.807, 2.05) is 36.4 Å². The summed E-state index contributed by atoms with van der Waals surface area (Å²) in [5.41, 5.74) is 6.79. The molecule has 4 aromatic rings. The summed E-state index contributed by atoms with van der Waals surface area (Å²) in [6, 6.07) is 26.5. The fourth-order valence-corrected chi connectivity index (χ4v) is 6.55. The smallest absolute Gasteiger partial charge is 0.115 e. The third-order valence-corrected chi connectivity index (χ3v) is 8.60. The number of unbranched alkanes of at least 4 members (excludes halogenated alkanes) is 3. The summed E-state index contributed by atoms with van der Waals surface area (Å²) in [6.07, 6.45) is 8.28. The molecule has 4 aromatic carbocycles. The van der Waals surface area contributed by atoms with Gasteiger partial charge in [0.05, 0.1) is 0 Å². The zero-order valence-corrected chi connectivity index (χ0v) is 24.6. The van der Waals surface area contributed by atoms with Crippen molar-refractivity contribution in [3.63, 3.8) is 0 Å². The molecule has 0 bridgehead atoms. The number of benzene rings is 4. The lowest BCUT2D eigenvalue weighted by atomic mass is 9.65. The second kappa shape index (κ2) is 13.6. The van der Waals surface area contributed by atoms with Crippen molar-refractivity contribution < 1.29 is 20.4 Å². The standard InChI is InChI=1S/C37H44O4/c1-4-5-22-37(35-20-18-32(40)24-26(35)2,36-21-19-33(41)25-27(36)3)23-8-6-7-9-34(28-10-14-30(38)15-11-28)29-12-16-31(39)17-13-29/h10-21,24-25,34,38-41H,4-9,22-23H2,1-3H3. The van der Waals surface area contributed by atoms with Gasteiger partial charge in [-0.05, 0) is 115 Å². The molecule has 0 amide bonds. The first-order chi connectivity index (χ1) is 19.7. The molecule has 4 nitrogen and oxygen atoms in total. The first-order valence-corrected chi connectivity index (χ1v) is 14.9. The molecule has 0 radical (unpaired) electrons. The second-order valence-corrected chi connectivity index (χ2v) is 11.5. The van der Waals surface area contributed by atoms with E-state index in [9.17, 15) is 20.4 Å². The van der Waals surface area contributed by atoms with Crippen molar-refractivity contribution in [3.05, 3.63) is 118 Å². The predicted octanol–water partition coefficient (Wildman–Crippen LogP) is 9.38. The minimum atomic E-state index is -0.209. The van der Waals surface area contributed by atoms with E-state index in [4.69, 9.17) is 0 Å². The van der Waals surface area contributed by atoms with Crippen LogP contribution in [0.4, 0.5) is 0 Å². The predicted molar refractivity (Wildman–Crippen MR) is 167 cm³/mol. The fraction of sp³-hybridized carbons (Fsp3) is 0.351. The van der Waals surface area contributed by atoms with Gasteiger partial charge < -0.3 is 20.4 Å². The van der Waals surface area contributed by atoms with E-state index in [0.29, 0.717) is 0 Å². The number of hydrogen-bond donors (Lipinski definition) is 4. The van der Waals surface area contributed by atoms with Crippen molar-refractivity contribution >= 4 is 0 Å². The first kappa shape index (κ1) is 30.0. The summed E-state index contributed by atoms with van der Waals surface area (Å²) in [4.78, 5) is 0. The lowest BCUT2D eigenvalue weighted by Gasteiger charge is -2.38. The third kappa shape index (κ3) is 7.24. The maximum atomic E-state index is 10.2. The van der Waals surface area contributed by atoms with E-state index in [2.05, 4.69) is 32.9 Å². The zero-order chi connectivity index (χ0) is 29.4. The maximum absolute atomic E-state index is 10.2. The van der Waals surface area contributed by atoms with Crippen LogP contribution >= 0.6 is 0 Å². The molecule has 0 spiro atoms. The molecule has 216 valence electrons. The highest BCUT2D eigenvalue weighted by Gasteiger charge is 2.36. The number of phenolic OH excluding ortho intramolecular Hbond substituents is 4. The van der Waals surface area contributed by atoms with Crippen LogP contribution in [0.25, 0.3) is 0 Å². The monoisotopic (exact) mass is 552 g/mol. The molecule has 4 N–H and O–H groups in total. The van der Waals surface area contributed by atoms with Crippen molar-refractivity contribution in [2.45, 2.75) is 83.5 Å². The number of hydrogen-bond acceptors (Lipinski definition) is 4. The minimum Gasteiger partial charge on any atom is -0.508 e. The van der Waals surface area contributed by atoms with Gasteiger partial charge in [0.1, 0.15) is 23.0 Å². The topological polar surface area (TPSA) is 80.9 Å². The van der Waals surface area contributed by atoms with Crippen molar-refractivity contribution in [2.75, 3.05) is 0 Å². The Balaban J connectivity index is 1.58. The van der Waals surface area contributed by atoms with E-state index in [1.165, 1.54) is 11.1 Å². The molecule has 0 aromatic heterocycles. The quantitative estimate of drug-likeness (QED) is 0.125. The number of rotatable bonds is 13. The van der Waals surface area contributed by atoms with Gasteiger partial charge in [0.2, 0.25) is 0 Å². The minimum absolute atomic E-state index is 0.180. The molecule has 0 atom stereocenters. The van der Waals surface area contributed by atoms with E-state index in [1.54, 1.807) is 36.4 Å². The number of aromatic hydroxyl groups is 4. The largest absolute Gasteiger partial charge is 0.508 e. The molecule has 0 saturated carbocycles. The Kier molecular flexibility index (Phi) is 9.99. The van der Waals surface area contributed by atoms with Crippen molar-refractivity contribution in [3.8, 4) is 23.0 Å². The average Bonchev–Trinajstić information content (AvgIpc) is 2.94. The fourth-order valence-electron chi connectivity index (χ4n) is 6.55. The van der Waals surface area contributed by atoms with Crippen LogP contribution in [0.1, 0.15) is 97.6 Å². The van der Waals surface area contributed by atoms with Crippen molar-refractivity contribution in [1.29, 1.82) is 0 Å². The Morgan fingerprint density at radius 2 is 0.976 bits per heavy atom. The van der Waals surface area contributed by atoms with Crippen LogP contribution in [0.5, 0.6) is 23.0 Å². The van der Waals surface area contributed by atoms with Gasteiger partial charge >= 0.3 is 0 Å². The Hall–Kier alpha value is -3.92. The van der Waals surface area contributed by atoms with Crippen LogP contribution < -0.4 is 0 Å². The van der Waals surface area contributed by atoms with Crippen molar-refractivity contribution in [2.24, 2.45) is 0 Å². The molecule has 41 heavy (non-hydrogen) atoms. The Bertz CT molecular complexity index is 1310. The van der Waals surface area contributed by atoms with Gasteiger partial charge in [-0.1, -0.05) is 75.4 Å². The van der Waals surface area contributed by atoms with Crippen molar-refractivity contribution in [1.82, 2.24) is 0 Å². The molecule has 0 fully saturated rings. The summed E-state index contributed by atoms with van der Waals surface area (Å²) >= 11 is 0. The van der Waals surface area contributed by atoms with Gasteiger partial charge in [0.15, 0.2) is 0 Å². The Morgan fingerprint density at radius 1 is 0.537 bits per heavy atom. The van der Waals surface area contributed by atoms with Crippen LogP contribution in [0, 0.1) is 13.8 Å². The highest BCUT2D eigenvalue weighted by Crippen LogP contribution is 2.46. The average molecular weight is 553 g/mol. The molecule has 0 aliphatic carbocycles. The Morgan fingerprint density at radius 3 is 1.41 bits per heavy atom. The summed E-state index contributed by atoms with van der Waals surface area (Å²) in [7, 11) is 0. The molecule has 4 heteroatoms. The second-order valence-electron chi connectivity index (χ2n) is 11.5. The summed E-state index contributed by atoms with van der Waals surface area (Å²) in [5, 5.41) is 40.0. The van der Waals surface area contributed by atoms with Gasteiger partial charge in [-0.15, -0.1) is 0 Å². The highest BCUT2D eigenvalue weighted by atomic mass is 16.3. The van der Waals surface area contributed by atoms with Gasteiger partial charge in [0.25, 0.3) is 0 Å². The van der Waals surface area contributed by atoms with Gasteiger partial charge in [-0.3, -0.25) is 0 Å². The maximum Gasteiger partial charge on any atom is 0.115 e. The van der Waals surface area contributed by atoms with E-state index < -0.39 is 0 Å². The molecular formula is C37H44O4. The van der Waals surface area contributed by atoms with Crippen LogP contribution in [0.2, 0.25) is 0 Å². The SMILES string of the molecule is CCCCC(CCCCCC(c1ccc(O)cc1)c1ccc(O)cc1)(c1ccc(O)cc1C)c1ccc(O)cc1C. The van der Waals surface area contributed by atoms with Gasteiger partial charge in [-0.25, -0.2) is 0 Å². The summed E-state index contributed by atoms with van der Waals surface area (Å²) < 4.78 is 0. The molecule has 0 saturated heterocycles. The summed E-state index contributed by atoms with van der Waals surface area (Å²) in [5.74, 6) is 1.27. The van der Waals surface area contributed by atoms with Crippen LogP contribution in [-0.4, -0.2) is 20.4 Å². The first-order valence-electron chi connectivity index (χ1n) is 14.9. The van der Waals surface area contributed by atoms with Gasteiger partial charge in [-0.2, -0.15) is 0 Å². The van der Waals surface area contributed by atoms with Crippen LogP contribution in [0.3, 0.4) is 0 Å². The van der Waals surface area contributed by atoms with Crippen LogP contribution in [-0.2, 0) is 5.41 Å². The lowest BCUT2D eigenvalue weighted by Crippen LogP contribution is -2.30. The number of phenols is 4. The molecule has 0 heterocycles. The van der Waals surface area contributed by atoms with Crippen LogP contribution in [0.15, 0.2) is 84.9 Å². The Labute approximate surface area is 245 Å². The zero-order valence-electron chi connectivity index (χ0n) is 24.6. The molecule has 0 aliphatic rings. The molecular weight excluding hydrogens is 508 g/mol. The van der Waals surface area contributed by atoms with E-state index in [-0.39, 0.29) is 34.3 Å². The van der Waals surface area contributed by atoms with E-state index >= 15 is 0 Å². The molecule has 0 unspecified atom stereocenters. The highest BCUT2D eigenvalue weighted by molar-refractivity contribution is 5.50. The molecule has 0 aliphatic heterocycles. The van der Waals surface area contributed by atoms with Gasteiger partial charge in [0, 0.05) is 11.3 Å².